The molecule has 0 aliphatic heterocycles. The summed E-state index contributed by atoms with van der Waals surface area (Å²) in [6.07, 6.45) is 6.10. The van der Waals surface area contributed by atoms with Crippen LogP contribution in [0, 0.1) is 12.7 Å². The van der Waals surface area contributed by atoms with Crippen molar-refractivity contribution in [2.24, 2.45) is 0 Å². The number of carboxylic acids is 1. The minimum Gasteiger partial charge on any atom is -0.494 e. The zero-order valence-corrected chi connectivity index (χ0v) is 29.2. The fourth-order valence-electron chi connectivity index (χ4n) is 4.36. The predicted octanol–water partition coefficient (Wildman–Crippen LogP) is 8.41. The number of halogens is 1. The van der Waals surface area contributed by atoms with Crippen LogP contribution in [0.4, 0.5) is 10.1 Å². The lowest BCUT2D eigenvalue weighted by Gasteiger charge is -2.08. The first kappa shape index (κ1) is 40.7. The van der Waals surface area contributed by atoms with Crippen LogP contribution in [0.5, 0.6) is 11.5 Å². The summed E-state index contributed by atoms with van der Waals surface area (Å²) in [5, 5.41) is 13.4. The second kappa shape index (κ2) is 23.0. The lowest BCUT2D eigenvalue weighted by molar-refractivity contribution is -0.135. The number of amides is 2. The molecule has 2 amide bonds. The summed E-state index contributed by atoms with van der Waals surface area (Å²) in [7, 11) is 0. The third-order valence-corrected chi connectivity index (χ3v) is 6.92. The lowest BCUT2D eigenvalue weighted by atomic mass is 10.1. The number of anilines is 1. The number of benzene rings is 4. The van der Waals surface area contributed by atoms with Crippen LogP contribution >= 0.6 is 0 Å². The number of carboxylic acid groups (broad SMARTS) is 1. The van der Waals surface area contributed by atoms with Gasteiger partial charge in [0.05, 0.1) is 18.6 Å². The third-order valence-electron chi connectivity index (χ3n) is 6.92. The molecule has 9 nitrogen and oxygen atoms in total. The standard InChI is InChI=1S/C21H26O3.C17H15FN2O4.C2H6/c1-3-4-5-6-7-16-23-19-14-10-18(11-15-19)21(22)24-20-12-8-17(2)9-13-20;18-13-3-1-2-11(8-13)9-15(21)20-14-6-4-12(5-7-14)17(24)19-10-16(22)23;1-2/h8-15H,3-7,16H2,1-2H3;1-8H,9-10H2,(H,19,24)(H,20,21)(H,22,23);1-2H3. The van der Waals surface area contributed by atoms with E-state index < -0.39 is 24.2 Å². The Labute approximate surface area is 293 Å². The number of unbranched alkanes of at least 4 members (excludes halogenated alkanes) is 4. The minimum atomic E-state index is -1.13. The van der Waals surface area contributed by atoms with Gasteiger partial charge in [0.2, 0.25) is 5.91 Å². The summed E-state index contributed by atoms with van der Waals surface area (Å²) < 4.78 is 24.1. The number of carbonyl (C=O) groups is 4. The molecule has 0 bridgehead atoms. The van der Waals surface area contributed by atoms with Gasteiger partial charge in [-0.05, 0) is 91.7 Å². The van der Waals surface area contributed by atoms with Crippen molar-refractivity contribution in [3.63, 3.8) is 0 Å². The molecule has 4 aromatic carbocycles. The topological polar surface area (TPSA) is 131 Å². The van der Waals surface area contributed by atoms with Gasteiger partial charge >= 0.3 is 11.9 Å². The Morgan fingerprint density at radius 2 is 1.38 bits per heavy atom. The Hall–Kier alpha value is -5.51. The maximum absolute atomic E-state index is 13.1. The van der Waals surface area contributed by atoms with Gasteiger partial charge in [-0.2, -0.15) is 0 Å². The van der Waals surface area contributed by atoms with Crippen LogP contribution in [-0.2, 0) is 16.0 Å². The van der Waals surface area contributed by atoms with Crippen LogP contribution in [-0.4, -0.2) is 42.0 Å². The van der Waals surface area contributed by atoms with Crippen molar-refractivity contribution < 1.29 is 38.1 Å². The summed E-state index contributed by atoms with van der Waals surface area (Å²) in [6.45, 7) is 8.46. The first-order chi connectivity index (χ1) is 24.1. The molecule has 0 heterocycles. The van der Waals surface area contributed by atoms with Gasteiger partial charge in [0, 0.05) is 11.3 Å². The van der Waals surface area contributed by atoms with E-state index in [9.17, 15) is 23.6 Å². The number of rotatable bonds is 15. The largest absolute Gasteiger partial charge is 0.494 e. The quantitative estimate of drug-likeness (QED) is 0.0650. The molecular formula is C40H47FN2O7. The number of ether oxygens (including phenoxy) is 2. The highest BCUT2D eigenvalue weighted by molar-refractivity contribution is 5.97. The molecule has 0 saturated carbocycles. The summed E-state index contributed by atoms with van der Waals surface area (Å²) in [4.78, 5) is 46.1. The second-order valence-corrected chi connectivity index (χ2v) is 11.0. The number of hydrogen-bond acceptors (Lipinski definition) is 6. The van der Waals surface area contributed by atoms with Crippen molar-refractivity contribution in [3.8, 4) is 11.5 Å². The molecule has 50 heavy (non-hydrogen) atoms. The summed E-state index contributed by atoms with van der Waals surface area (Å²) in [5.41, 5.74) is 2.96. The number of nitrogens with one attached hydrogen (secondary N) is 2. The maximum Gasteiger partial charge on any atom is 0.343 e. The van der Waals surface area contributed by atoms with E-state index in [0.717, 1.165) is 24.3 Å². The van der Waals surface area contributed by atoms with E-state index in [1.807, 2.05) is 45.0 Å². The number of esters is 1. The van der Waals surface area contributed by atoms with Gasteiger partial charge in [0.15, 0.2) is 0 Å². The Kier molecular flexibility index (Phi) is 18.7. The molecule has 0 saturated heterocycles. The molecule has 4 aromatic rings. The molecule has 0 aliphatic carbocycles. The van der Waals surface area contributed by atoms with Crippen LogP contribution in [0.15, 0.2) is 97.1 Å². The van der Waals surface area contributed by atoms with Crippen molar-refractivity contribution >= 4 is 29.4 Å². The smallest absolute Gasteiger partial charge is 0.343 e. The molecule has 0 aromatic heterocycles. The SMILES string of the molecule is CC.CCCCCCCOc1ccc(C(=O)Oc2ccc(C)cc2)cc1.O=C(O)CNC(=O)c1ccc(NC(=O)Cc2cccc(F)c2)cc1. The first-order valence-corrected chi connectivity index (χ1v) is 16.8. The molecule has 0 spiro atoms. The lowest BCUT2D eigenvalue weighted by Crippen LogP contribution is -2.29. The Morgan fingerprint density at radius 1 is 0.760 bits per heavy atom. The molecular weight excluding hydrogens is 639 g/mol. The fraction of sp³-hybridized carbons (Fsp3) is 0.300. The van der Waals surface area contributed by atoms with Crippen LogP contribution in [0.2, 0.25) is 0 Å². The van der Waals surface area contributed by atoms with E-state index in [1.54, 1.807) is 30.3 Å². The van der Waals surface area contributed by atoms with Crippen LogP contribution in [0.25, 0.3) is 0 Å². The average Bonchev–Trinajstić information content (AvgIpc) is 3.11. The van der Waals surface area contributed by atoms with Gasteiger partial charge in [-0.1, -0.05) is 76.3 Å². The average molecular weight is 687 g/mol. The normalized spacial score (nSPS) is 9.94. The molecule has 0 atom stereocenters. The molecule has 266 valence electrons. The molecule has 4 rings (SSSR count). The van der Waals surface area contributed by atoms with Crippen molar-refractivity contribution in [2.45, 2.75) is 66.2 Å². The van der Waals surface area contributed by atoms with Gasteiger partial charge in [-0.3, -0.25) is 14.4 Å². The third kappa shape index (κ3) is 16.1. The molecule has 0 fully saturated rings. The van der Waals surface area contributed by atoms with E-state index in [2.05, 4.69) is 17.6 Å². The first-order valence-electron chi connectivity index (χ1n) is 16.8. The van der Waals surface area contributed by atoms with Crippen LogP contribution in [0.3, 0.4) is 0 Å². The number of carbonyl (C=O) groups excluding carboxylic acids is 3. The monoisotopic (exact) mass is 686 g/mol. The van der Waals surface area contributed by atoms with Crippen molar-refractivity contribution in [1.29, 1.82) is 0 Å². The molecule has 10 heteroatoms. The van der Waals surface area contributed by atoms with Crippen molar-refractivity contribution in [3.05, 3.63) is 125 Å². The molecule has 3 N–H and O–H groups in total. The van der Waals surface area contributed by atoms with Gasteiger partial charge in [-0.25, -0.2) is 9.18 Å². The van der Waals surface area contributed by atoms with E-state index in [1.165, 1.54) is 68.1 Å². The maximum atomic E-state index is 13.1. The predicted molar refractivity (Wildman–Crippen MR) is 193 cm³/mol. The number of aryl methyl sites for hydroxylation is 1. The number of hydrogen-bond donors (Lipinski definition) is 3. The van der Waals surface area contributed by atoms with E-state index >= 15 is 0 Å². The summed E-state index contributed by atoms with van der Waals surface area (Å²) in [6, 6.07) is 26.3. The minimum absolute atomic E-state index is 0.0264. The van der Waals surface area contributed by atoms with Crippen LogP contribution in [0.1, 0.15) is 84.7 Å². The summed E-state index contributed by atoms with van der Waals surface area (Å²) >= 11 is 0. The molecule has 0 unspecified atom stereocenters. The Bertz CT molecular complexity index is 1620. The van der Waals surface area contributed by atoms with Gasteiger partial charge in [0.25, 0.3) is 5.91 Å². The molecule has 0 radical (unpaired) electrons. The second-order valence-electron chi connectivity index (χ2n) is 11.0. The van der Waals surface area contributed by atoms with E-state index in [0.29, 0.717) is 22.6 Å². The zero-order chi connectivity index (χ0) is 36.7. The van der Waals surface area contributed by atoms with Gasteiger partial charge < -0.3 is 25.2 Å². The zero-order valence-electron chi connectivity index (χ0n) is 29.2. The number of aliphatic carboxylic acids is 1. The molecule has 0 aliphatic rings. The highest BCUT2D eigenvalue weighted by atomic mass is 19.1. The highest BCUT2D eigenvalue weighted by Crippen LogP contribution is 2.17. The highest BCUT2D eigenvalue weighted by Gasteiger charge is 2.10. The van der Waals surface area contributed by atoms with E-state index in [-0.39, 0.29) is 23.9 Å². The van der Waals surface area contributed by atoms with Gasteiger partial charge in [-0.15, -0.1) is 0 Å². The Balaban J connectivity index is 0.000000330. The Morgan fingerprint density at radius 3 is 2.00 bits per heavy atom. The fourth-order valence-corrected chi connectivity index (χ4v) is 4.36. The van der Waals surface area contributed by atoms with Gasteiger partial charge in [0.1, 0.15) is 23.9 Å². The van der Waals surface area contributed by atoms with Crippen molar-refractivity contribution in [1.82, 2.24) is 5.32 Å². The summed E-state index contributed by atoms with van der Waals surface area (Å²) in [5.74, 6) is -1.39. The van der Waals surface area contributed by atoms with Crippen molar-refractivity contribution in [2.75, 3.05) is 18.5 Å². The van der Waals surface area contributed by atoms with Crippen LogP contribution < -0.4 is 20.1 Å². The van der Waals surface area contributed by atoms with E-state index in [4.69, 9.17) is 14.6 Å².